The van der Waals surface area contributed by atoms with Crippen LogP contribution in [0.4, 0.5) is 0 Å². The van der Waals surface area contributed by atoms with Crippen LogP contribution in [0.15, 0.2) is 235 Å². The van der Waals surface area contributed by atoms with Crippen molar-refractivity contribution >= 4 is 152 Å². The van der Waals surface area contributed by atoms with E-state index in [4.69, 9.17) is 34.5 Å². The van der Waals surface area contributed by atoms with E-state index in [2.05, 4.69) is 69.9 Å². The molecule has 0 fully saturated rings. The maximum Gasteiger partial charge on any atom is 0.448 e. The highest BCUT2D eigenvalue weighted by atomic mass is 36.0. The van der Waals surface area contributed by atoms with E-state index in [0.29, 0.717) is 53.2 Å². The van der Waals surface area contributed by atoms with Gasteiger partial charge in [0.05, 0.1) is 39.5 Å². The van der Waals surface area contributed by atoms with Crippen molar-refractivity contribution in [2.45, 2.75) is 66.5 Å². The van der Waals surface area contributed by atoms with Gasteiger partial charge >= 0.3 is 11.9 Å². The first-order valence-corrected chi connectivity index (χ1v) is 38.2. The number of benzene rings is 8. The van der Waals surface area contributed by atoms with E-state index in [0.717, 1.165) is 96.4 Å². The van der Waals surface area contributed by atoms with Gasteiger partial charge in [0.2, 0.25) is 14.8 Å². The number of amides is 2. The Hall–Kier alpha value is -10.1. The van der Waals surface area contributed by atoms with Gasteiger partial charge in [0, 0.05) is 117 Å². The number of fused-ring (bicyclic) bond motifs is 8. The zero-order valence-electron chi connectivity index (χ0n) is 56.4. The van der Waals surface area contributed by atoms with Crippen molar-refractivity contribution in [3.63, 3.8) is 0 Å². The van der Waals surface area contributed by atoms with E-state index in [-0.39, 0.29) is 65.3 Å². The van der Waals surface area contributed by atoms with E-state index < -0.39 is 33.0 Å². The van der Waals surface area contributed by atoms with Crippen LogP contribution in [0.25, 0.3) is 56.3 Å². The molecule has 0 saturated carbocycles. The smallest absolute Gasteiger partial charge is 0.448 e. The number of nitrogens with zero attached hydrogens (tertiary/aromatic N) is 2. The Balaban J connectivity index is 0.000000177. The van der Waals surface area contributed by atoms with Gasteiger partial charge in [-0.25, -0.2) is 13.8 Å². The van der Waals surface area contributed by atoms with Gasteiger partial charge in [0.15, 0.2) is 10.9 Å². The fourth-order valence-corrected chi connectivity index (χ4v) is 14.4. The standard InChI is InChI=1S/C25H22N2O4S.C25H24N2O4S.C16H14O2S.C13H8O2S.Cl2OS/c1-5-13-30-17-10-11-21-19(15-17)22(18-8-6-7-9-20(18)32-21)23(26-4)24(28)27-12-14-31-25(29)16(2)3;1-4-12-30-17-9-10-22-19(14-17)23(18-7-5-6-8-21(18)32-22)20(15-26)24(28)27-11-13-31-25(29)16(2)3;1-2-9-18-11-7-8-15-13(10-11)16(17)12-5-3-4-6-14(12)19-15;14-8-5-6-12-10(7-8)13(15)9-3-1-2-4-11(9)16-12;1-4(2)3/h6-11,15H,2-3,5,12-14H2,1H3;5-10,14H,2,4,11-13H2,1,3H3,(H,27,28);3-8,10H,2,9H2,1H3;1-7,14H;/p+1/b23-22+;23-20+;;;. The first-order valence-electron chi connectivity index (χ1n) is 32.1. The highest BCUT2D eigenvalue weighted by Gasteiger charge is 2.30. The number of nitrogens with one attached hydrogen (secondary N) is 2. The van der Waals surface area contributed by atoms with Gasteiger partial charge in [-0.1, -0.05) is 112 Å². The van der Waals surface area contributed by atoms with Gasteiger partial charge < -0.3 is 39.4 Å². The second-order valence-electron chi connectivity index (χ2n) is 22.3. The molecule has 0 atom stereocenters. The van der Waals surface area contributed by atoms with Crippen LogP contribution in [0, 0.1) is 24.8 Å². The third kappa shape index (κ3) is 21.0. The number of carbonyl (C=O) groups excluding carboxylic acids is 4. The van der Waals surface area contributed by atoms with Crippen molar-refractivity contribution in [3.05, 3.63) is 266 Å². The van der Waals surface area contributed by atoms with E-state index in [1.54, 1.807) is 65.3 Å². The van der Waals surface area contributed by atoms with Gasteiger partial charge in [-0.2, -0.15) is 10.1 Å². The molecule has 2 aliphatic rings. The number of carbonyl (C=O) groups is 4. The molecule has 8 aromatic carbocycles. The Bertz CT molecular complexity index is 4990. The number of halogens is 2. The maximum absolute atomic E-state index is 12.9. The lowest BCUT2D eigenvalue weighted by molar-refractivity contribution is -0.139. The van der Waals surface area contributed by atoms with E-state index in [9.17, 15) is 39.1 Å². The molecule has 526 valence electrons. The van der Waals surface area contributed by atoms with Gasteiger partial charge in [-0.15, -0.1) is 22.7 Å². The topological polar surface area (TPSA) is 238 Å². The number of esters is 2. The quantitative estimate of drug-likeness (QED) is 0.0130. The molecule has 3 N–H and O–H groups in total. The van der Waals surface area contributed by atoms with Crippen molar-refractivity contribution in [3.8, 4) is 29.1 Å². The Morgan fingerprint density at radius 2 is 0.961 bits per heavy atom. The lowest BCUT2D eigenvalue weighted by Crippen LogP contribution is -2.29. The van der Waals surface area contributed by atoms with E-state index >= 15 is 0 Å². The molecule has 0 unspecified atom stereocenters. The number of phenolic OH excluding ortho intramolecular Hbond substituents is 1. The molecule has 4 heterocycles. The summed E-state index contributed by atoms with van der Waals surface area (Å²) < 4.78 is 40.1. The van der Waals surface area contributed by atoms with Crippen LogP contribution < -0.4 is 35.7 Å². The number of hydrogen-bond acceptors (Lipinski definition) is 18. The predicted molar refractivity (Wildman–Crippen MR) is 416 cm³/mol. The molecule has 12 rings (SSSR count). The van der Waals surface area contributed by atoms with Crippen LogP contribution in [-0.4, -0.2) is 79.2 Å². The lowest BCUT2D eigenvalue weighted by Gasteiger charge is -2.24. The average molecular weight is 1510 g/mol. The summed E-state index contributed by atoms with van der Waals surface area (Å²) in [5.41, 5.74) is 4.69. The molecular weight excluding hydrogens is 1440 g/mol. The second kappa shape index (κ2) is 38.8. The molecular formula is C79H69Cl2N4O13S5+. The van der Waals surface area contributed by atoms with Crippen molar-refractivity contribution in [2.24, 2.45) is 0 Å². The fourth-order valence-electron chi connectivity index (χ4n) is 10.1. The molecule has 2 aliphatic heterocycles. The van der Waals surface area contributed by atoms with Crippen molar-refractivity contribution < 1.29 is 52.2 Å². The summed E-state index contributed by atoms with van der Waals surface area (Å²) in [7, 11) is 7.36. The minimum atomic E-state index is -1.67. The number of aromatic hydroxyl groups is 1. The molecule has 0 aliphatic carbocycles. The Morgan fingerprint density at radius 1 is 0.553 bits per heavy atom. The normalized spacial score (nSPS) is 12.2. The molecule has 10 aromatic rings. The highest BCUT2D eigenvalue weighted by Crippen LogP contribution is 2.49. The first kappa shape index (κ1) is 78.6. The minimum absolute atomic E-state index is 0.00197. The van der Waals surface area contributed by atoms with Gasteiger partial charge in [-0.05, 0) is 152 Å². The predicted octanol–water partition coefficient (Wildman–Crippen LogP) is 17.5. The lowest BCUT2D eigenvalue weighted by atomic mass is 9.92. The van der Waals surface area contributed by atoms with E-state index in [1.165, 1.54) is 6.07 Å². The molecule has 2 amide bonds. The molecule has 0 radical (unpaired) electrons. The maximum atomic E-state index is 12.9. The van der Waals surface area contributed by atoms with Crippen LogP contribution in [0.2, 0.25) is 0 Å². The number of phenols is 1. The third-order valence-electron chi connectivity index (χ3n) is 14.7. The molecule has 24 heteroatoms. The Labute approximate surface area is 623 Å². The second-order valence-corrected chi connectivity index (χ2v) is 29.2. The number of ether oxygens (including phenoxy) is 5. The summed E-state index contributed by atoms with van der Waals surface area (Å²) in [5, 5.41) is 27.5. The highest BCUT2D eigenvalue weighted by molar-refractivity contribution is 8.26. The van der Waals surface area contributed by atoms with Crippen molar-refractivity contribution in [2.75, 3.05) is 46.1 Å². The van der Waals surface area contributed by atoms with E-state index in [1.807, 2.05) is 166 Å². The molecule has 0 spiro atoms. The third-order valence-corrected chi connectivity index (χ3v) is 19.4. The summed E-state index contributed by atoms with van der Waals surface area (Å²) in [6.07, 6.45) is 2.71. The monoisotopic (exact) mass is 1510 g/mol. The van der Waals surface area contributed by atoms with Crippen molar-refractivity contribution in [1.29, 1.82) is 5.26 Å². The fraction of sp³-hybridized carbons (Fsp3) is 0.177. The molecule has 0 bridgehead atoms. The summed E-state index contributed by atoms with van der Waals surface area (Å²) >= 11 is 6.38. The SMILES string of the molecule is C=C(C)C(=O)OCCNC(=O)/C(C#N)=C1\c2ccccc2Sc2ccc(OCCC)cc21.CCCOc1ccc2sc3ccccc3c(=O)c2c1.O=S(Cl)Cl.O=c1c2ccccc2sc2ccc(O)cc12.[C-]#[N+]/C(C(=O)NCCOC(=O)C(=C)[CH2+])=C1\c2ccccc2Sc2ccc(OCCC)cc21. The zero-order valence-corrected chi connectivity index (χ0v) is 62.0. The van der Waals surface area contributed by atoms with Gasteiger partial charge in [-0.3, -0.25) is 19.2 Å². The molecule has 0 saturated heterocycles. The van der Waals surface area contributed by atoms with Gasteiger partial charge in [0.25, 0.3) is 17.5 Å². The Kier molecular flexibility index (Phi) is 29.6. The van der Waals surface area contributed by atoms with Crippen LogP contribution in [-0.2, 0) is 37.9 Å². The number of rotatable bonds is 19. The van der Waals surface area contributed by atoms with Crippen molar-refractivity contribution in [1.82, 2.24) is 10.6 Å². The number of hydrogen-bond donors (Lipinski definition) is 3. The first-order chi connectivity index (χ1) is 49.7. The largest absolute Gasteiger partial charge is 0.508 e. The molecule has 2 aromatic heterocycles. The summed E-state index contributed by atoms with van der Waals surface area (Å²) in [5.74, 6) is 0.0646. The average Bonchev–Trinajstić information content (AvgIpc) is 0.758. The number of nitriles is 1. The zero-order chi connectivity index (χ0) is 74.1. The molecule has 17 nitrogen and oxygen atoms in total. The summed E-state index contributed by atoms with van der Waals surface area (Å²) in [6, 6.07) is 54.8. The summed E-state index contributed by atoms with van der Waals surface area (Å²) in [4.78, 5) is 80.8. The van der Waals surface area contributed by atoms with Crippen LogP contribution in [0.3, 0.4) is 0 Å². The van der Waals surface area contributed by atoms with Crippen LogP contribution >= 0.6 is 67.6 Å². The van der Waals surface area contributed by atoms with Crippen LogP contribution in [0.5, 0.6) is 23.0 Å². The minimum Gasteiger partial charge on any atom is -0.508 e. The Morgan fingerprint density at radius 3 is 1.45 bits per heavy atom. The summed E-state index contributed by atoms with van der Waals surface area (Å²) in [6.45, 7) is 27.7. The van der Waals surface area contributed by atoms with Gasteiger partial charge in [0.1, 0.15) is 47.9 Å². The molecule has 103 heavy (non-hydrogen) atoms. The van der Waals surface area contributed by atoms with Crippen LogP contribution in [0.1, 0.15) is 69.2 Å².